The SMILES string of the molecule is CCCC(CN)C(=O)N(C)C1CCC(C)(C)CC1. The Bertz CT molecular complexity index is 266. The second-order valence-electron chi connectivity index (χ2n) is 6.57. The predicted octanol–water partition coefficient (Wildman–Crippen LogP) is 2.79. The normalized spacial score (nSPS) is 21.6. The Kier molecular flexibility index (Phi) is 5.64. The third-order valence-electron chi connectivity index (χ3n) is 4.47. The second kappa shape index (κ2) is 6.55. The van der Waals surface area contributed by atoms with Gasteiger partial charge in [0.15, 0.2) is 0 Å². The molecule has 0 aromatic heterocycles. The number of rotatable bonds is 5. The minimum atomic E-state index is 0.0231. The Morgan fingerprint density at radius 1 is 1.39 bits per heavy atom. The van der Waals surface area contributed by atoms with Gasteiger partial charge in [0.2, 0.25) is 5.91 Å². The predicted molar refractivity (Wildman–Crippen MR) is 76.3 cm³/mol. The van der Waals surface area contributed by atoms with Gasteiger partial charge in [0.25, 0.3) is 0 Å². The molecule has 106 valence electrons. The van der Waals surface area contributed by atoms with Crippen LogP contribution >= 0.6 is 0 Å². The van der Waals surface area contributed by atoms with Gasteiger partial charge in [0.05, 0.1) is 5.92 Å². The lowest BCUT2D eigenvalue weighted by Gasteiger charge is -2.39. The minimum absolute atomic E-state index is 0.0231. The molecule has 1 rings (SSSR count). The molecule has 1 amide bonds. The topological polar surface area (TPSA) is 46.3 Å². The molecule has 0 aromatic carbocycles. The molecular formula is C15H30N2O. The summed E-state index contributed by atoms with van der Waals surface area (Å²) in [5.41, 5.74) is 6.18. The van der Waals surface area contributed by atoms with Crippen LogP contribution in [0.5, 0.6) is 0 Å². The highest BCUT2D eigenvalue weighted by atomic mass is 16.2. The smallest absolute Gasteiger partial charge is 0.226 e. The first-order valence-corrected chi connectivity index (χ1v) is 7.38. The molecule has 0 bridgehead atoms. The van der Waals surface area contributed by atoms with Crippen LogP contribution in [0.2, 0.25) is 0 Å². The molecule has 1 aliphatic rings. The highest BCUT2D eigenvalue weighted by Crippen LogP contribution is 2.36. The fourth-order valence-corrected chi connectivity index (χ4v) is 2.93. The van der Waals surface area contributed by atoms with Crippen molar-refractivity contribution < 1.29 is 4.79 Å². The van der Waals surface area contributed by atoms with Crippen LogP contribution in [0.4, 0.5) is 0 Å². The standard InChI is InChI=1S/C15H30N2O/c1-5-6-12(11-16)14(18)17(4)13-7-9-15(2,3)10-8-13/h12-13H,5-11,16H2,1-4H3. The fraction of sp³-hybridized carbons (Fsp3) is 0.933. The van der Waals surface area contributed by atoms with Crippen molar-refractivity contribution in [3.05, 3.63) is 0 Å². The van der Waals surface area contributed by atoms with Crippen molar-refractivity contribution in [1.29, 1.82) is 0 Å². The molecule has 0 aromatic rings. The van der Waals surface area contributed by atoms with Gasteiger partial charge in [0.1, 0.15) is 0 Å². The lowest BCUT2D eigenvalue weighted by atomic mass is 9.75. The number of amides is 1. The average molecular weight is 254 g/mol. The summed E-state index contributed by atoms with van der Waals surface area (Å²) in [5.74, 6) is 0.277. The molecule has 1 saturated carbocycles. The van der Waals surface area contributed by atoms with Gasteiger partial charge in [-0.3, -0.25) is 4.79 Å². The lowest BCUT2D eigenvalue weighted by molar-refractivity contribution is -0.137. The zero-order valence-electron chi connectivity index (χ0n) is 12.5. The molecule has 3 heteroatoms. The average Bonchev–Trinajstić information content (AvgIpc) is 2.34. The molecule has 1 atom stereocenters. The molecule has 0 heterocycles. The molecule has 0 radical (unpaired) electrons. The number of carbonyl (C=O) groups is 1. The maximum Gasteiger partial charge on any atom is 0.226 e. The number of nitrogens with two attached hydrogens (primary N) is 1. The van der Waals surface area contributed by atoms with Crippen molar-refractivity contribution in [2.45, 2.75) is 65.3 Å². The lowest BCUT2D eigenvalue weighted by Crippen LogP contribution is -2.45. The van der Waals surface area contributed by atoms with Gasteiger partial charge in [-0.25, -0.2) is 0 Å². The van der Waals surface area contributed by atoms with Gasteiger partial charge in [-0.15, -0.1) is 0 Å². The van der Waals surface area contributed by atoms with Crippen LogP contribution in [0.25, 0.3) is 0 Å². The van der Waals surface area contributed by atoms with E-state index in [-0.39, 0.29) is 11.8 Å². The summed E-state index contributed by atoms with van der Waals surface area (Å²) < 4.78 is 0. The summed E-state index contributed by atoms with van der Waals surface area (Å²) in [5, 5.41) is 0. The Morgan fingerprint density at radius 2 is 1.94 bits per heavy atom. The van der Waals surface area contributed by atoms with Crippen LogP contribution < -0.4 is 5.73 Å². The van der Waals surface area contributed by atoms with Gasteiger partial charge < -0.3 is 10.6 Å². The largest absolute Gasteiger partial charge is 0.342 e. The molecule has 1 fully saturated rings. The van der Waals surface area contributed by atoms with E-state index in [0.29, 0.717) is 18.0 Å². The number of hydrogen-bond acceptors (Lipinski definition) is 2. The molecule has 0 saturated heterocycles. The maximum absolute atomic E-state index is 12.4. The van der Waals surface area contributed by atoms with E-state index in [4.69, 9.17) is 5.73 Å². The van der Waals surface area contributed by atoms with Crippen molar-refractivity contribution in [1.82, 2.24) is 4.90 Å². The van der Waals surface area contributed by atoms with E-state index >= 15 is 0 Å². The fourth-order valence-electron chi connectivity index (χ4n) is 2.93. The van der Waals surface area contributed by atoms with Gasteiger partial charge >= 0.3 is 0 Å². The quantitative estimate of drug-likeness (QED) is 0.820. The van der Waals surface area contributed by atoms with Crippen molar-refractivity contribution in [2.75, 3.05) is 13.6 Å². The van der Waals surface area contributed by atoms with Gasteiger partial charge in [-0.05, 0) is 37.5 Å². The van der Waals surface area contributed by atoms with Crippen molar-refractivity contribution >= 4 is 5.91 Å². The van der Waals surface area contributed by atoms with Crippen LogP contribution in [-0.2, 0) is 4.79 Å². The molecule has 0 aliphatic heterocycles. The Hall–Kier alpha value is -0.570. The molecule has 0 spiro atoms. The summed E-state index contributed by atoms with van der Waals surface area (Å²) in [6.07, 6.45) is 6.65. The van der Waals surface area contributed by atoms with Crippen LogP contribution in [0, 0.1) is 11.3 Å². The van der Waals surface area contributed by atoms with Gasteiger partial charge in [-0.2, -0.15) is 0 Å². The maximum atomic E-state index is 12.4. The number of nitrogens with zero attached hydrogens (tertiary/aromatic N) is 1. The third kappa shape index (κ3) is 3.98. The van der Waals surface area contributed by atoms with Gasteiger partial charge in [0, 0.05) is 19.6 Å². The van der Waals surface area contributed by atoms with E-state index in [1.54, 1.807) is 0 Å². The summed E-state index contributed by atoms with van der Waals surface area (Å²) in [6.45, 7) is 7.24. The van der Waals surface area contributed by atoms with Crippen molar-refractivity contribution in [2.24, 2.45) is 17.1 Å². The van der Waals surface area contributed by atoms with Crippen LogP contribution in [0.1, 0.15) is 59.3 Å². The number of carbonyl (C=O) groups excluding carboxylic acids is 1. The van der Waals surface area contributed by atoms with E-state index in [1.807, 2.05) is 11.9 Å². The molecule has 1 aliphatic carbocycles. The molecule has 18 heavy (non-hydrogen) atoms. The first-order chi connectivity index (χ1) is 8.41. The first kappa shape index (κ1) is 15.5. The van der Waals surface area contributed by atoms with Gasteiger partial charge in [-0.1, -0.05) is 27.2 Å². The van der Waals surface area contributed by atoms with E-state index < -0.39 is 0 Å². The Morgan fingerprint density at radius 3 is 2.39 bits per heavy atom. The summed E-state index contributed by atoms with van der Waals surface area (Å²) >= 11 is 0. The van der Waals surface area contributed by atoms with Crippen molar-refractivity contribution in [3.8, 4) is 0 Å². The monoisotopic (exact) mass is 254 g/mol. The summed E-state index contributed by atoms with van der Waals surface area (Å²) in [4.78, 5) is 14.3. The first-order valence-electron chi connectivity index (χ1n) is 7.38. The van der Waals surface area contributed by atoms with E-state index in [9.17, 15) is 4.79 Å². The highest BCUT2D eigenvalue weighted by molar-refractivity contribution is 5.79. The molecular weight excluding hydrogens is 224 g/mol. The Balaban J connectivity index is 2.53. The van der Waals surface area contributed by atoms with Crippen LogP contribution in [0.15, 0.2) is 0 Å². The van der Waals surface area contributed by atoms with E-state index in [2.05, 4.69) is 20.8 Å². The number of hydrogen-bond donors (Lipinski definition) is 1. The minimum Gasteiger partial charge on any atom is -0.342 e. The zero-order valence-corrected chi connectivity index (χ0v) is 12.5. The second-order valence-corrected chi connectivity index (χ2v) is 6.57. The van der Waals surface area contributed by atoms with Crippen molar-refractivity contribution in [3.63, 3.8) is 0 Å². The highest BCUT2D eigenvalue weighted by Gasteiger charge is 2.32. The summed E-state index contributed by atoms with van der Waals surface area (Å²) in [7, 11) is 1.96. The van der Waals surface area contributed by atoms with Crippen LogP contribution in [-0.4, -0.2) is 30.4 Å². The summed E-state index contributed by atoms with van der Waals surface area (Å²) in [6, 6.07) is 0.427. The molecule has 2 N–H and O–H groups in total. The molecule has 1 unspecified atom stereocenters. The zero-order chi connectivity index (χ0) is 13.8. The van der Waals surface area contributed by atoms with E-state index in [1.165, 1.54) is 12.8 Å². The third-order valence-corrected chi connectivity index (χ3v) is 4.47. The van der Waals surface area contributed by atoms with E-state index in [0.717, 1.165) is 25.7 Å². The van der Waals surface area contributed by atoms with Crippen LogP contribution in [0.3, 0.4) is 0 Å². The Labute approximate surface area is 112 Å². The molecule has 3 nitrogen and oxygen atoms in total.